The third kappa shape index (κ3) is 5.20. The highest BCUT2D eigenvalue weighted by Gasteiger charge is 2.33. The maximum Gasteiger partial charge on any atom is 0.305 e. The van der Waals surface area contributed by atoms with Crippen LogP contribution in [0.3, 0.4) is 0 Å². The van der Waals surface area contributed by atoms with Gasteiger partial charge in [0.25, 0.3) is 11.5 Å². The van der Waals surface area contributed by atoms with Crippen molar-refractivity contribution in [3.63, 3.8) is 0 Å². The van der Waals surface area contributed by atoms with Gasteiger partial charge in [-0.1, -0.05) is 43.6 Å². The SMILES string of the molecule is CC(C)C(C)(CC(=O)O)NC(=O)c1ccc(=O)n(Cc2ccccc2Cl)c1. The molecule has 6 nitrogen and oxygen atoms in total. The molecule has 1 atom stereocenters. The van der Waals surface area contributed by atoms with Crippen molar-refractivity contribution in [3.8, 4) is 0 Å². The molecule has 0 aliphatic heterocycles. The fraction of sp³-hybridized carbons (Fsp3) is 0.350. The Morgan fingerprint density at radius 3 is 2.48 bits per heavy atom. The molecule has 1 amide bonds. The second kappa shape index (κ2) is 8.39. The van der Waals surface area contributed by atoms with Crippen LogP contribution in [0.25, 0.3) is 0 Å². The number of carboxylic acids is 1. The van der Waals surface area contributed by atoms with Crippen LogP contribution in [0.5, 0.6) is 0 Å². The second-order valence-corrected chi connectivity index (χ2v) is 7.48. The molecule has 0 saturated heterocycles. The van der Waals surface area contributed by atoms with Crippen molar-refractivity contribution in [2.75, 3.05) is 0 Å². The summed E-state index contributed by atoms with van der Waals surface area (Å²) in [5.41, 5.74) is -0.133. The molecule has 2 aromatic rings. The average molecular weight is 391 g/mol. The minimum Gasteiger partial charge on any atom is -0.481 e. The van der Waals surface area contributed by atoms with Gasteiger partial charge in [-0.05, 0) is 30.5 Å². The average Bonchev–Trinajstić information content (AvgIpc) is 2.57. The van der Waals surface area contributed by atoms with Gasteiger partial charge in [0, 0.05) is 17.3 Å². The Kier molecular flexibility index (Phi) is 6.44. The lowest BCUT2D eigenvalue weighted by atomic mass is 9.85. The van der Waals surface area contributed by atoms with E-state index in [1.807, 2.05) is 26.0 Å². The third-order valence-electron chi connectivity index (χ3n) is 4.74. The number of carboxylic acid groups (broad SMARTS) is 1. The van der Waals surface area contributed by atoms with E-state index in [0.29, 0.717) is 5.02 Å². The quantitative estimate of drug-likeness (QED) is 0.760. The van der Waals surface area contributed by atoms with E-state index in [1.165, 1.54) is 22.9 Å². The van der Waals surface area contributed by atoms with Gasteiger partial charge in [0.15, 0.2) is 0 Å². The summed E-state index contributed by atoms with van der Waals surface area (Å²) in [6, 6.07) is 9.91. The first kappa shape index (κ1) is 20.7. The highest BCUT2D eigenvalue weighted by molar-refractivity contribution is 6.31. The zero-order valence-corrected chi connectivity index (χ0v) is 16.3. The lowest BCUT2D eigenvalue weighted by Crippen LogP contribution is -2.51. The molecule has 2 rings (SSSR count). The Morgan fingerprint density at radius 1 is 1.22 bits per heavy atom. The Morgan fingerprint density at radius 2 is 1.89 bits per heavy atom. The molecule has 1 unspecified atom stereocenters. The molecule has 0 radical (unpaired) electrons. The van der Waals surface area contributed by atoms with E-state index in [0.717, 1.165) is 5.56 Å². The predicted molar refractivity (Wildman–Crippen MR) is 104 cm³/mol. The van der Waals surface area contributed by atoms with E-state index in [1.54, 1.807) is 19.1 Å². The van der Waals surface area contributed by atoms with Crippen LogP contribution in [-0.4, -0.2) is 27.1 Å². The van der Waals surface area contributed by atoms with Crippen LogP contribution >= 0.6 is 11.6 Å². The maximum atomic E-state index is 12.7. The van der Waals surface area contributed by atoms with Gasteiger partial charge in [0.05, 0.1) is 24.1 Å². The summed E-state index contributed by atoms with van der Waals surface area (Å²) < 4.78 is 1.40. The van der Waals surface area contributed by atoms with Crippen LogP contribution in [0.4, 0.5) is 0 Å². The van der Waals surface area contributed by atoms with Crippen molar-refractivity contribution in [1.82, 2.24) is 9.88 Å². The second-order valence-electron chi connectivity index (χ2n) is 7.07. The topological polar surface area (TPSA) is 88.4 Å². The first-order valence-electron chi connectivity index (χ1n) is 8.60. The number of pyridine rings is 1. The van der Waals surface area contributed by atoms with E-state index < -0.39 is 17.4 Å². The highest BCUT2D eigenvalue weighted by Crippen LogP contribution is 2.21. The summed E-state index contributed by atoms with van der Waals surface area (Å²) >= 11 is 6.15. The van der Waals surface area contributed by atoms with Crippen LogP contribution in [0.1, 0.15) is 43.1 Å². The number of carbonyl (C=O) groups excluding carboxylic acids is 1. The number of hydrogen-bond acceptors (Lipinski definition) is 3. The normalized spacial score (nSPS) is 13.2. The molecule has 0 fully saturated rings. The molecule has 0 aliphatic carbocycles. The summed E-state index contributed by atoms with van der Waals surface area (Å²) in [7, 11) is 0. The molecule has 27 heavy (non-hydrogen) atoms. The number of carbonyl (C=O) groups is 2. The summed E-state index contributed by atoms with van der Waals surface area (Å²) in [6.07, 6.45) is 1.26. The minimum atomic E-state index is -0.991. The van der Waals surface area contributed by atoms with E-state index >= 15 is 0 Å². The van der Waals surface area contributed by atoms with Gasteiger partial charge in [0.1, 0.15) is 0 Å². The predicted octanol–water partition coefficient (Wildman–Crippen LogP) is 3.17. The fourth-order valence-corrected chi connectivity index (χ4v) is 2.83. The zero-order chi connectivity index (χ0) is 20.2. The number of rotatable bonds is 7. The van der Waals surface area contributed by atoms with Crippen LogP contribution in [0.2, 0.25) is 5.02 Å². The number of aromatic nitrogens is 1. The fourth-order valence-electron chi connectivity index (χ4n) is 2.64. The van der Waals surface area contributed by atoms with Gasteiger partial charge in [-0.2, -0.15) is 0 Å². The summed E-state index contributed by atoms with van der Waals surface area (Å²) in [4.78, 5) is 36.0. The smallest absolute Gasteiger partial charge is 0.305 e. The Hall–Kier alpha value is -2.60. The van der Waals surface area contributed by atoms with E-state index in [9.17, 15) is 14.4 Å². The molecule has 2 N–H and O–H groups in total. The molecule has 1 heterocycles. The van der Waals surface area contributed by atoms with E-state index in [4.69, 9.17) is 16.7 Å². The highest BCUT2D eigenvalue weighted by atomic mass is 35.5. The molecular formula is C20H23ClN2O4. The Balaban J connectivity index is 2.28. The molecule has 144 valence electrons. The zero-order valence-electron chi connectivity index (χ0n) is 15.5. The lowest BCUT2D eigenvalue weighted by molar-refractivity contribution is -0.138. The van der Waals surface area contributed by atoms with Crippen LogP contribution in [-0.2, 0) is 11.3 Å². The van der Waals surface area contributed by atoms with E-state index in [-0.39, 0.29) is 30.0 Å². The van der Waals surface area contributed by atoms with Crippen LogP contribution in [0, 0.1) is 5.92 Å². The maximum absolute atomic E-state index is 12.7. The number of halogens is 1. The van der Waals surface area contributed by atoms with Gasteiger partial charge in [-0.3, -0.25) is 14.4 Å². The van der Waals surface area contributed by atoms with Crippen molar-refractivity contribution in [2.45, 2.75) is 39.3 Å². The molecule has 0 bridgehead atoms. The monoisotopic (exact) mass is 390 g/mol. The summed E-state index contributed by atoms with van der Waals surface area (Å²) in [6.45, 7) is 5.63. The van der Waals surface area contributed by atoms with Crippen molar-refractivity contribution in [1.29, 1.82) is 0 Å². The first-order valence-corrected chi connectivity index (χ1v) is 8.98. The molecule has 0 saturated carbocycles. The molecule has 0 spiro atoms. The van der Waals surface area contributed by atoms with E-state index in [2.05, 4.69) is 5.32 Å². The lowest BCUT2D eigenvalue weighted by Gasteiger charge is -2.33. The number of nitrogens with one attached hydrogen (secondary N) is 1. The van der Waals surface area contributed by atoms with Crippen LogP contribution in [0.15, 0.2) is 47.4 Å². The summed E-state index contributed by atoms with van der Waals surface area (Å²) in [5.74, 6) is -1.51. The first-order chi connectivity index (χ1) is 12.6. The van der Waals surface area contributed by atoms with Gasteiger partial charge in [0.2, 0.25) is 0 Å². The van der Waals surface area contributed by atoms with Crippen molar-refractivity contribution >= 4 is 23.5 Å². The summed E-state index contributed by atoms with van der Waals surface area (Å²) in [5, 5.41) is 12.5. The Labute approximate surface area is 162 Å². The van der Waals surface area contributed by atoms with Crippen molar-refractivity contribution < 1.29 is 14.7 Å². The van der Waals surface area contributed by atoms with Gasteiger partial charge in [-0.15, -0.1) is 0 Å². The number of aliphatic carboxylic acids is 1. The number of benzene rings is 1. The number of amides is 1. The molecule has 0 aliphatic rings. The van der Waals surface area contributed by atoms with Gasteiger partial charge in [-0.25, -0.2) is 0 Å². The molecule has 1 aromatic heterocycles. The standard InChI is InChI=1S/C20H23ClN2O4/c1-13(2)20(3,10-18(25)26)22-19(27)15-8-9-17(24)23(12-15)11-14-6-4-5-7-16(14)21/h4-9,12-13H,10-11H2,1-3H3,(H,22,27)(H,25,26). The number of nitrogens with zero attached hydrogens (tertiary/aromatic N) is 1. The minimum absolute atomic E-state index is 0.0911. The number of hydrogen-bond donors (Lipinski definition) is 2. The van der Waals surface area contributed by atoms with Crippen molar-refractivity contribution in [3.05, 3.63) is 69.1 Å². The molecular weight excluding hydrogens is 368 g/mol. The van der Waals surface area contributed by atoms with Gasteiger partial charge < -0.3 is 15.0 Å². The van der Waals surface area contributed by atoms with Gasteiger partial charge >= 0.3 is 5.97 Å². The largest absolute Gasteiger partial charge is 0.481 e. The van der Waals surface area contributed by atoms with Crippen molar-refractivity contribution in [2.24, 2.45) is 5.92 Å². The third-order valence-corrected chi connectivity index (χ3v) is 5.10. The molecule has 1 aromatic carbocycles. The molecule has 7 heteroatoms. The van der Waals surface area contributed by atoms with Crippen LogP contribution < -0.4 is 10.9 Å². The Bertz CT molecular complexity index is 907.